The first kappa shape index (κ1) is 20.1. The smallest absolute Gasteiger partial charge is 0.245 e. The van der Waals surface area contributed by atoms with Crippen LogP contribution in [-0.4, -0.2) is 50.1 Å². The van der Waals surface area contributed by atoms with Crippen LogP contribution in [0.4, 0.5) is 0 Å². The molecule has 2 heterocycles. The lowest BCUT2D eigenvalue weighted by Gasteiger charge is -2.37. The standard InChI is InChI=1S/C17H23N3O3S.ClH/c1-12-8-13-4-3-5-16(17(13)19-11-12)24(21,22)20-7-6-15(23-2)9-14(20)10-18;/h3-5,8,11,14-15H,6-7,9-10,18H2,1-2H3;1H. The predicted molar refractivity (Wildman–Crippen MR) is 100 cm³/mol. The number of sulfonamides is 1. The molecule has 1 saturated heterocycles. The van der Waals surface area contributed by atoms with E-state index in [0.717, 1.165) is 10.9 Å². The maximum atomic E-state index is 13.2. The minimum Gasteiger partial charge on any atom is -0.381 e. The summed E-state index contributed by atoms with van der Waals surface area (Å²) in [5.74, 6) is 0. The molecule has 1 fully saturated rings. The quantitative estimate of drug-likeness (QED) is 0.870. The van der Waals surface area contributed by atoms with Crippen molar-refractivity contribution in [2.24, 2.45) is 5.73 Å². The molecule has 2 atom stereocenters. The van der Waals surface area contributed by atoms with Gasteiger partial charge in [-0.25, -0.2) is 8.42 Å². The van der Waals surface area contributed by atoms with E-state index in [-0.39, 0.29) is 36.0 Å². The topological polar surface area (TPSA) is 85.5 Å². The summed E-state index contributed by atoms with van der Waals surface area (Å²) in [5, 5.41) is 0.826. The lowest BCUT2D eigenvalue weighted by atomic mass is 10.0. The molecule has 0 aliphatic carbocycles. The molecular weight excluding hydrogens is 362 g/mol. The summed E-state index contributed by atoms with van der Waals surface area (Å²) in [5.41, 5.74) is 7.35. The fraction of sp³-hybridized carbons (Fsp3) is 0.471. The lowest BCUT2D eigenvalue weighted by molar-refractivity contribution is 0.0402. The SMILES string of the molecule is COC1CCN(S(=O)(=O)c2cccc3cc(C)cnc23)C(CN)C1.Cl. The third kappa shape index (κ3) is 3.80. The molecule has 8 heteroatoms. The van der Waals surface area contributed by atoms with Crippen molar-refractivity contribution in [3.8, 4) is 0 Å². The number of hydrogen-bond acceptors (Lipinski definition) is 5. The number of ether oxygens (including phenoxy) is 1. The number of piperidine rings is 1. The summed E-state index contributed by atoms with van der Waals surface area (Å²) in [6.45, 7) is 2.62. The molecule has 0 spiro atoms. The number of para-hydroxylation sites is 1. The van der Waals surface area contributed by atoms with Crippen molar-refractivity contribution in [2.45, 2.75) is 36.8 Å². The zero-order valence-corrected chi connectivity index (χ0v) is 16.0. The Kier molecular flexibility index (Phi) is 6.40. The van der Waals surface area contributed by atoms with E-state index in [0.29, 0.717) is 24.9 Å². The van der Waals surface area contributed by atoms with Crippen LogP contribution < -0.4 is 5.73 Å². The van der Waals surface area contributed by atoms with Crippen LogP contribution in [0.25, 0.3) is 10.9 Å². The Hall–Kier alpha value is -1.25. The number of pyridine rings is 1. The minimum atomic E-state index is -3.66. The van der Waals surface area contributed by atoms with Crippen LogP contribution in [0.3, 0.4) is 0 Å². The molecule has 2 N–H and O–H groups in total. The number of benzene rings is 1. The Morgan fingerprint density at radius 1 is 1.40 bits per heavy atom. The van der Waals surface area contributed by atoms with Gasteiger partial charge in [0, 0.05) is 37.8 Å². The van der Waals surface area contributed by atoms with Gasteiger partial charge in [0.2, 0.25) is 10.0 Å². The predicted octanol–water partition coefficient (Wildman–Crippen LogP) is 2.09. The van der Waals surface area contributed by atoms with E-state index >= 15 is 0 Å². The second-order valence-electron chi connectivity index (χ2n) is 6.23. The molecule has 138 valence electrons. The zero-order valence-electron chi connectivity index (χ0n) is 14.4. The summed E-state index contributed by atoms with van der Waals surface area (Å²) in [4.78, 5) is 4.61. The van der Waals surface area contributed by atoms with E-state index in [9.17, 15) is 8.42 Å². The van der Waals surface area contributed by atoms with E-state index in [1.807, 2.05) is 19.1 Å². The van der Waals surface area contributed by atoms with Crippen LogP contribution >= 0.6 is 12.4 Å². The highest BCUT2D eigenvalue weighted by Gasteiger charge is 2.37. The zero-order chi connectivity index (χ0) is 17.3. The molecule has 0 saturated carbocycles. The molecular formula is C17H24ClN3O3S. The minimum absolute atomic E-state index is 0. The normalized spacial score (nSPS) is 21.9. The Balaban J connectivity index is 0.00000225. The number of halogens is 1. The van der Waals surface area contributed by atoms with E-state index < -0.39 is 10.0 Å². The van der Waals surface area contributed by atoms with Gasteiger partial charge in [0.05, 0.1) is 11.6 Å². The van der Waals surface area contributed by atoms with Gasteiger partial charge in [-0.3, -0.25) is 4.98 Å². The van der Waals surface area contributed by atoms with Crippen molar-refractivity contribution in [2.75, 3.05) is 20.2 Å². The molecule has 2 aromatic rings. The van der Waals surface area contributed by atoms with Crippen LogP contribution in [0.15, 0.2) is 35.4 Å². The highest BCUT2D eigenvalue weighted by atomic mass is 35.5. The number of nitrogens with two attached hydrogens (primary N) is 1. The Labute approximate surface area is 154 Å². The molecule has 1 aliphatic rings. The summed E-state index contributed by atoms with van der Waals surface area (Å²) in [7, 11) is -2.01. The van der Waals surface area contributed by atoms with E-state index in [1.54, 1.807) is 25.4 Å². The number of aryl methyl sites for hydroxylation is 1. The summed E-state index contributed by atoms with van der Waals surface area (Å²) in [6.07, 6.45) is 3.03. The molecule has 0 radical (unpaired) electrons. The van der Waals surface area contributed by atoms with Gasteiger partial charge >= 0.3 is 0 Å². The summed E-state index contributed by atoms with van der Waals surface area (Å²) >= 11 is 0. The molecule has 1 aromatic carbocycles. The van der Waals surface area contributed by atoms with Gasteiger partial charge in [-0.1, -0.05) is 12.1 Å². The number of methoxy groups -OCH3 is 1. The van der Waals surface area contributed by atoms with Crippen molar-refractivity contribution >= 4 is 33.3 Å². The van der Waals surface area contributed by atoms with Gasteiger partial charge < -0.3 is 10.5 Å². The van der Waals surface area contributed by atoms with Crippen LogP contribution in [0.2, 0.25) is 0 Å². The van der Waals surface area contributed by atoms with Gasteiger partial charge in [-0.05, 0) is 37.5 Å². The third-order valence-corrected chi connectivity index (χ3v) is 6.60. The van der Waals surface area contributed by atoms with E-state index in [4.69, 9.17) is 10.5 Å². The monoisotopic (exact) mass is 385 g/mol. The van der Waals surface area contributed by atoms with Gasteiger partial charge in [0.25, 0.3) is 0 Å². The largest absolute Gasteiger partial charge is 0.381 e. The number of aromatic nitrogens is 1. The van der Waals surface area contributed by atoms with Crippen LogP contribution in [0, 0.1) is 6.92 Å². The number of rotatable bonds is 4. The molecule has 1 aliphatic heterocycles. The first-order chi connectivity index (χ1) is 11.5. The Bertz CT molecular complexity index is 844. The average molecular weight is 386 g/mol. The van der Waals surface area contributed by atoms with Crippen molar-refractivity contribution in [1.29, 1.82) is 0 Å². The highest BCUT2D eigenvalue weighted by Crippen LogP contribution is 2.29. The molecule has 25 heavy (non-hydrogen) atoms. The average Bonchev–Trinajstić information content (AvgIpc) is 2.60. The third-order valence-electron chi connectivity index (χ3n) is 4.62. The molecule has 3 rings (SSSR count). The second-order valence-corrected chi connectivity index (χ2v) is 8.09. The maximum absolute atomic E-state index is 13.2. The first-order valence-corrected chi connectivity index (χ1v) is 9.51. The summed E-state index contributed by atoms with van der Waals surface area (Å²) in [6, 6.07) is 6.95. The van der Waals surface area contributed by atoms with Crippen LogP contribution in [0.1, 0.15) is 18.4 Å². The van der Waals surface area contributed by atoms with Gasteiger partial charge in [0.15, 0.2) is 0 Å². The maximum Gasteiger partial charge on any atom is 0.245 e. The fourth-order valence-electron chi connectivity index (χ4n) is 3.31. The molecule has 0 amide bonds. The summed E-state index contributed by atoms with van der Waals surface area (Å²) < 4.78 is 33.4. The lowest BCUT2D eigenvalue weighted by Crippen LogP contribution is -2.51. The Morgan fingerprint density at radius 3 is 2.84 bits per heavy atom. The van der Waals surface area contributed by atoms with Crippen molar-refractivity contribution in [3.63, 3.8) is 0 Å². The van der Waals surface area contributed by atoms with Gasteiger partial charge in [-0.2, -0.15) is 4.31 Å². The second kappa shape index (κ2) is 7.97. The Morgan fingerprint density at radius 2 is 2.16 bits per heavy atom. The van der Waals surface area contributed by atoms with Crippen LogP contribution in [0.5, 0.6) is 0 Å². The molecule has 6 nitrogen and oxygen atoms in total. The van der Waals surface area contributed by atoms with Crippen molar-refractivity contribution in [1.82, 2.24) is 9.29 Å². The highest BCUT2D eigenvalue weighted by molar-refractivity contribution is 7.89. The van der Waals surface area contributed by atoms with E-state index in [1.165, 1.54) is 4.31 Å². The number of nitrogens with zero attached hydrogens (tertiary/aromatic N) is 2. The van der Waals surface area contributed by atoms with E-state index in [2.05, 4.69) is 4.98 Å². The van der Waals surface area contributed by atoms with Crippen LogP contribution in [-0.2, 0) is 14.8 Å². The molecule has 2 unspecified atom stereocenters. The van der Waals surface area contributed by atoms with Crippen molar-refractivity contribution in [3.05, 3.63) is 36.0 Å². The molecule has 0 bridgehead atoms. The number of fused-ring (bicyclic) bond motifs is 1. The van der Waals surface area contributed by atoms with Crippen molar-refractivity contribution < 1.29 is 13.2 Å². The van der Waals surface area contributed by atoms with Gasteiger partial charge in [-0.15, -0.1) is 12.4 Å². The number of hydrogen-bond donors (Lipinski definition) is 1. The van der Waals surface area contributed by atoms with Gasteiger partial charge in [0.1, 0.15) is 4.90 Å². The first-order valence-electron chi connectivity index (χ1n) is 8.07. The fourth-order valence-corrected chi connectivity index (χ4v) is 5.14. The molecule has 1 aromatic heterocycles.